The monoisotopic (exact) mass is 340 g/mol. The Morgan fingerprint density at radius 3 is 2.52 bits per heavy atom. The minimum Gasteiger partial charge on any atom is -0.338 e. The average molecular weight is 341 g/mol. The number of nitrogens with one attached hydrogen (secondary N) is 1. The molecular weight excluding hydrogens is 331 g/mol. The zero-order valence-corrected chi connectivity index (χ0v) is 13.2. The van der Waals surface area contributed by atoms with Gasteiger partial charge in [0.1, 0.15) is 11.3 Å². The highest BCUT2D eigenvalue weighted by Gasteiger charge is 2.16. The largest absolute Gasteiger partial charge is 0.338 e. The van der Waals surface area contributed by atoms with Gasteiger partial charge in [-0.25, -0.2) is 13.4 Å². The third-order valence-electron chi connectivity index (χ3n) is 3.07. The van der Waals surface area contributed by atoms with Crippen molar-refractivity contribution < 1.29 is 8.42 Å². The van der Waals surface area contributed by atoms with Gasteiger partial charge in [-0.2, -0.15) is 0 Å². The summed E-state index contributed by atoms with van der Waals surface area (Å²) >= 11 is 11.9. The number of benzene rings is 2. The summed E-state index contributed by atoms with van der Waals surface area (Å²) < 4.78 is 23.6. The fourth-order valence-corrected chi connectivity index (χ4v) is 3.22. The van der Waals surface area contributed by atoms with E-state index in [1.54, 1.807) is 30.3 Å². The first-order chi connectivity index (χ1) is 9.86. The number of hydrogen-bond donors (Lipinski definition) is 1. The van der Waals surface area contributed by atoms with Gasteiger partial charge in [0.25, 0.3) is 0 Å². The second-order valence-electron chi connectivity index (χ2n) is 4.64. The van der Waals surface area contributed by atoms with Crippen molar-refractivity contribution in [1.82, 2.24) is 9.97 Å². The molecule has 0 fully saturated rings. The number of sulfone groups is 1. The highest BCUT2D eigenvalue weighted by atomic mass is 35.5. The highest BCUT2D eigenvalue weighted by molar-refractivity contribution is 7.91. The second kappa shape index (κ2) is 5.02. The van der Waals surface area contributed by atoms with Crippen molar-refractivity contribution in [3.05, 3.63) is 46.4 Å². The Labute approximate surface area is 131 Å². The molecule has 0 aliphatic carbocycles. The number of hydrogen-bond acceptors (Lipinski definition) is 3. The molecule has 0 saturated heterocycles. The van der Waals surface area contributed by atoms with Crippen LogP contribution in [-0.2, 0) is 9.84 Å². The molecule has 0 atom stereocenters. The van der Waals surface area contributed by atoms with Gasteiger partial charge in [-0.15, -0.1) is 0 Å². The lowest BCUT2D eigenvalue weighted by Gasteiger charge is -1.99. The van der Waals surface area contributed by atoms with E-state index in [0.29, 0.717) is 26.9 Å². The van der Waals surface area contributed by atoms with Gasteiger partial charge in [-0.1, -0.05) is 29.3 Å². The van der Waals surface area contributed by atoms with Gasteiger partial charge in [0, 0.05) is 11.8 Å². The van der Waals surface area contributed by atoms with Crippen molar-refractivity contribution in [1.29, 1.82) is 0 Å². The standard InChI is InChI=1S/C14H10Cl2N2O2S/c1-21(19,20)12-4-2-3-11-13(12)18-14(17-11)8-5-6-9(15)10(16)7-8/h2-7H,1H3,(H,17,18). The van der Waals surface area contributed by atoms with Gasteiger partial charge in [-0.05, 0) is 30.3 Å². The number of aromatic amines is 1. The lowest BCUT2D eigenvalue weighted by molar-refractivity contribution is 0.602. The van der Waals surface area contributed by atoms with Crippen LogP contribution in [-0.4, -0.2) is 24.6 Å². The van der Waals surface area contributed by atoms with Crippen LogP contribution in [0.2, 0.25) is 10.0 Å². The first kappa shape index (κ1) is 14.4. The molecule has 0 bridgehead atoms. The molecule has 3 aromatic rings. The Hall–Kier alpha value is -1.56. The topological polar surface area (TPSA) is 62.8 Å². The molecule has 0 spiro atoms. The van der Waals surface area contributed by atoms with Crippen LogP contribution in [0.5, 0.6) is 0 Å². The van der Waals surface area contributed by atoms with Crippen LogP contribution >= 0.6 is 23.2 Å². The zero-order chi connectivity index (χ0) is 15.2. The maximum atomic E-state index is 11.8. The second-order valence-corrected chi connectivity index (χ2v) is 7.44. The van der Waals surface area contributed by atoms with Crippen molar-refractivity contribution in [2.45, 2.75) is 4.90 Å². The third kappa shape index (κ3) is 2.64. The van der Waals surface area contributed by atoms with E-state index >= 15 is 0 Å². The van der Waals surface area contributed by atoms with Gasteiger partial charge in [0.15, 0.2) is 9.84 Å². The Balaban J connectivity index is 2.24. The average Bonchev–Trinajstić information content (AvgIpc) is 2.84. The van der Waals surface area contributed by atoms with Gasteiger partial charge in [0.2, 0.25) is 0 Å². The van der Waals surface area contributed by atoms with E-state index in [4.69, 9.17) is 23.2 Å². The Kier molecular flexibility index (Phi) is 3.43. The predicted octanol–water partition coefficient (Wildman–Crippen LogP) is 3.94. The number of para-hydroxylation sites is 1. The summed E-state index contributed by atoms with van der Waals surface area (Å²) in [4.78, 5) is 7.67. The maximum absolute atomic E-state index is 11.8. The molecular formula is C14H10Cl2N2O2S. The van der Waals surface area contributed by atoms with Gasteiger partial charge in [0.05, 0.1) is 20.5 Å². The summed E-state index contributed by atoms with van der Waals surface area (Å²) in [5.41, 5.74) is 1.81. The maximum Gasteiger partial charge on any atom is 0.177 e. The summed E-state index contributed by atoms with van der Waals surface area (Å²) in [6.45, 7) is 0. The van der Waals surface area contributed by atoms with Crippen LogP contribution in [0.25, 0.3) is 22.4 Å². The fraction of sp³-hybridized carbons (Fsp3) is 0.0714. The molecule has 4 nitrogen and oxygen atoms in total. The fourth-order valence-electron chi connectivity index (χ4n) is 2.09. The number of nitrogens with zero attached hydrogens (tertiary/aromatic N) is 1. The van der Waals surface area contributed by atoms with E-state index in [9.17, 15) is 8.42 Å². The lowest BCUT2D eigenvalue weighted by atomic mass is 10.2. The van der Waals surface area contributed by atoms with Gasteiger partial charge >= 0.3 is 0 Å². The molecule has 0 radical (unpaired) electrons. The smallest absolute Gasteiger partial charge is 0.177 e. The molecule has 108 valence electrons. The summed E-state index contributed by atoms with van der Waals surface area (Å²) in [5, 5.41) is 0.867. The minimum absolute atomic E-state index is 0.197. The Bertz CT molecular complexity index is 949. The predicted molar refractivity (Wildman–Crippen MR) is 84.7 cm³/mol. The zero-order valence-electron chi connectivity index (χ0n) is 10.9. The first-order valence-corrected chi connectivity index (χ1v) is 8.65. The van der Waals surface area contributed by atoms with Crippen LogP contribution in [0.4, 0.5) is 0 Å². The van der Waals surface area contributed by atoms with E-state index in [1.807, 2.05) is 0 Å². The molecule has 21 heavy (non-hydrogen) atoms. The van der Waals surface area contributed by atoms with Crippen LogP contribution in [0.15, 0.2) is 41.3 Å². The molecule has 0 aliphatic heterocycles. The van der Waals surface area contributed by atoms with Crippen molar-refractivity contribution in [2.24, 2.45) is 0 Å². The van der Waals surface area contributed by atoms with E-state index in [-0.39, 0.29) is 4.90 Å². The van der Waals surface area contributed by atoms with Crippen LogP contribution in [0.1, 0.15) is 0 Å². The molecule has 0 unspecified atom stereocenters. The lowest BCUT2D eigenvalue weighted by Crippen LogP contribution is -1.97. The third-order valence-corrected chi connectivity index (χ3v) is 4.94. The number of halogens is 2. The molecule has 1 N–H and O–H groups in total. The molecule has 0 amide bonds. The number of imidazole rings is 1. The summed E-state index contributed by atoms with van der Waals surface area (Å²) in [7, 11) is -3.34. The number of aromatic nitrogens is 2. The Morgan fingerprint density at radius 2 is 1.86 bits per heavy atom. The van der Waals surface area contributed by atoms with E-state index in [0.717, 1.165) is 11.8 Å². The van der Waals surface area contributed by atoms with E-state index < -0.39 is 9.84 Å². The van der Waals surface area contributed by atoms with Crippen molar-refractivity contribution in [2.75, 3.05) is 6.26 Å². The van der Waals surface area contributed by atoms with E-state index in [2.05, 4.69) is 9.97 Å². The molecule has 7 heteroatoms. The normalized spacial score (nSPS) is 12.0. The summed E-state index contributed by atoms with van der Waals surface area (Å²) in [5.74, 6) is 0.541. The summed E-state index contributed by atoms with van der Waals surface area (Å²) in [6, 6.07) is 10.1. The molecule has 2 aromatic carbocycles. The number of fused-ring (bicyclic) bond motifs is 1. The molecule has 3 rings (SSSR count). The molecule has 1 heterocycles. The first-order valence-electron chi connectivity index (χ1n) is 6.00. The van der Waals surface area contributed by atoms with Crippen LogP contribution < -0.4 is 0 Å². The van der Waals surface area contributed by atoms with Gasteiger partial charge in [-0.3, -0.25) is 0 Å². The highest BCUT2D eigenvalue weighted by Crippen LogP contribution is 2.29. The van der Waals surface area contributed by atoms with Crippen LogP contribution in [0, 0.1) is 0 Å². The molecule has 1 aromatic heterocycles. The van der Waals surface area contributed by atoms with Crippen LogP contribution in [0.3, 0.4) is 0 Å². The number of rotatable bonds is 2. The minimum atomic E-state index is -3.34. The van der Waals surface area contributed by atoms with E-state index in [1.165, 1.54) is 6.07 Å². The summed E-state index contributed by atoms with van der Waals surface area (Å²) in [6.07, 6.45) is 1.16. The molecule has 0 saturated carbocycles. The number of H-pyrrole nitrogens is 1. The van der Waals surface area contributed by atoms with Crippen molar-refractivity contribution >= 4 is 44.1 Å². The SMILES string of the molecule is CS(=O)(=O)c1cccc2[nH]c(-c3ccc(Cl)c(Cl)c3)nc12. The molecule has 0 aliphatic rings. The van der Waals surface area contributed by atoms with Crippen molar-refractivity contribution in [3.8, 4) is 11.4 Å². The van der Waals surface area contributed by atoms with Gasteiger partial charge < -0.3 is 4.98 Å². The quantitative estimate of drug-likeness (QED) is 0.768. The Morgan fingerprint density at radius 1 is 1.10 bits per heavy atom. The van der Waals surface area contributed by atoms with Crippen molar-refractivity contribution in [3.63, 3.8) is 0 Å².